The molecule has 4 nitrogen and oxygen atoms in total. The van der Waals surface area contributed by atoms with Gasteiger partial charge in [-0.3, -0.25) is 4.79 Å². The molecule has 2 heterocycles. The molecule has 1 saturated heterocycles. The number of hydrogen-bond donors (Lipinski definition) is 1. The lowest BCUT2D eigenvalue weighted by Gasteiger charge is -2.31. The van der Waals surface area contributed by atoms with Crippen LogP contribution in [0.15, 0.2) is 5.38 Å². The molecule has 0 radical (unpaired) electrons. The maximum absolute atomic E-state index is 10.6. The summed E-state index contributed by atoms with van der Waals surface area (Å²) in [6, 6.07) is 0. The highest BCUT2D eigenvalue weighted by atomic mass is 32.1. The lowest BCUT2D eigenvalue weighted by molar-refractivity contribution is -0.138. The van der Waals surface area contributed by atoms with Gasteiger partial charge in [0, 0.05) is 24.9 Å². The van der Waals surface area contributed by atoms with Crippen molar-refractivity contribution in [3.05, 3.63) is 11.1 Å². The molecule has 0 saturated carbocycles. The Morgan fingerprint density at radius 2 is 2.29 bits per heavy atom. The van der Waals surface area contributed by atoms with Crippen molar-refractivity contribution < 1.29 is 9.90 Å². The van der Waals surface area contributed by atoms with Gasteiger partial charge in [-0.05, 0) is 25.2 Å². The van der Waals surface area contributed by atoms with E-state index in [0.717, 1.165) is 43.2 Å². The van der Waals surface area contributed by atoms with E-state index in [1.165, 1.54) is 0 Å². The summed E-state index contributed by atoms with van der Waals surface area (Å²) in [5.74, 6) is -0.333. The van der Waals surface area contributed by atoms with Crippen molar-refractivity contribution in [1.29, 1.82) is 0 Å². The minimum Gasteiger partial charge on any atom is -0.481 e. The van der Waals surface area contributed by atoms with Gasteiger partial charge in [-0.1, -0.05) is 6.92 Å². The molecule has 0 aliphatic carbocycles. The number of nitrogens with zero attached hydrogens (tertiary/aromatic N) is 2. The van der Waals surface area contributed by atoms with Crippen molar-refractivity contribution in [2.24, 2.45) is 5.92 Å². The third-order valence-corrected chi connectivity index (χ3v) is 4.20. The number of anilines is 1. The number of carboxylic acid groups (broad SMARTS) is 1. The quantitative estimate of drug-likeness (QED) is 0.896. The summed E-state index contributed by atoms with van der Waals surface area (Å²) in [5, 5.41) is 12.0. The maximum Gasteiger partial charge on any atom is 0.303 e. The molecule has 0 amide bonds. The Morgan fingerprint density at radius 1 is 1.59 bits per heavy atom. The summed E-state index contributed by atoms with van der Waals surface area (Å²) in [5.41, 5.74) is 1.15. The highest BCUT2D eigenvalue weighted by Crippen LogP contribution is 2.27. The second-order valence-corrected chi connectivity index (χ2v) is 5.34. The lowest BCUT2D eigenvalue weighted by Crippen LogP contribution is -2.34. The van der Waals surface area contributed by atoms with Crippen LogP contribution >= 0.6 is 11.3 Å². The van der Waals surface area contributed by atoms with Crippen LogP contribution in [0.25, 0.3) is 0 Å². The first-order valence-corrected chi connectivity index (χ1v) is 6.98. The molecule has 0 spiro atoms. The zero-order valence-electron chi connectivity index (χ0n) is 10.1. The molecule has 0 aromatic carbocycles. The van der Waals surface area contributed by atoms with Crippen LogP contribution in [-0.4, -0.2) is 29.1 Å². The monoisotopic (exact) mass is 254 g/mol. The number of carbonyl (C=O) groups is 1. The van der Waals surface area contributed by atoms with Gasteiger partial charge in [-0.15, -0.1) is 11.3 Å². The van der Waals surface area contributed by atoms with Gasteiger partial charge in [0.05, 0.1) is 5.69 Å². The number of rotatable bonds is 4. The fourth-order valence-electron chi connectivity index (χ4n) is 2.18. The molecule has 1 aliphatic rings. The summed E-state index contributed by atoms with van der Waals surface area (Å²) >= 11 is 1.69. The zero-order valence-corrected chi connectivity index (χ0v) is 10.9. The van der Waals surface area contributed by atoms with Crippen molar-refractivity contribution in [2.75, 3.05) is 18.0 Å². The minimum atomic E-state index is -0.675. The van der Waals surface area contributed by atoms with Crippen LogP contribution in [-0.2, 0) is 11.2 Å². The van der Waals surface area contributed by atoms with Gasteiger partial charge in [0.15, 0.2) is 5.13 Å². The fourth-order valence-corrected chi connectivity index (χ4v) is 3.14. The first kappa shape index (κ1) is 12.4. The normalized spacial score (nSPS) is 17.4. The van der Waals surface area contributed by atoms with E-state index in [0.29, 0.717) is 12.3 Å². The molecule has 0 atom stereocenters. The molecule has 0 unspecified atom stereocenters. The average Bonchev–Trinajstić information content (AvgIpc) is 2.78. The standard InChI is InChI=1S/C12H18N2O2S/c1-2-10-8-17-12(13-10)14-5-3-9(4-6-14)7-11(15)16/h8-9H,2-7H2,1H3,(H,15,16). The largest absolute Gasteiger partial charge is 0.481 e. The Kier molecular flexibility index (Phi) is 3.99. The van der Waals surface area contributed by atoms with E-state index in [9.17, 15) is 4.79 Å². The average molecular weight is 254 g/mol. The molecule has 1 N–H and O–H groups in total. The summed E-state index contributed by atoms with van der Waals surface area (Å²) in [6.45, 7) is 3.99. The first-order valence-electron chi connectivity index (χ1n) is 6.10. The number of carboxylic acids is 1. The van der Waals surface area contributed by atoms with Crippen LogP contribution in [0.4, 0.5) is 5.13 Å². The van der Waals surface area contributed by atoms with Crippen LogP contribution in [0.1, 0.15) is 31.9 Å². The molecule has 1 fully saturated rings. The van der Waals surface area contributed by atoms with Crippen LogP contribution in [0.2, 0.25) is 0 Å². The minimum absolute atomic E-state index is 0.311. The van der Waals surface area contributed by atoms with Gasteiger partial charge in [0.2, 0.25) is 0 Å². The highest BCUT2D eigenvalue weighted by molar-refractivity contribution is 7.13. The maximum atomic E-state index is 10.6. The molecule has 94 valence electrons. The van der Waals surface area contributed by atoms with Gasteiger partial charge in [-0.25, -0.2) is 4.98 Å². The predicted octanol–water partition coefficient (Wildman–Crippen LogP) is 2.40. The number of aliphatic carboxylic acids is 1. The Bertz CT molecular complexity index is 384. The zero-order chi connectivity index (χ0) is 12.3. The van der Waals surface area contributed by atoms with Crippen LogP contribution in [0.5, 0.6) is 0 Å². The molecule has 5 heteroatoms. The molecular weight excluding hydrogens is 236 g/mol. The van der Waals surface area contributed by atoms with Crippen LogP contribution < -0.4 is 4.90 Å². The van der Waals surface area contributed by atoms with E-state index in [1.54, 1.807) is 11.3 Å². The summed E-state index contributed by atoms with van der Waals surface area (Å²) in [6.07, 6.45) is 3.22. The van der Waals surface area contributed by atoms with Crippen molar-refractivity contribution >= 4 is 22.4 Å². The Morgan fingerprint density at radius 3 is 2.82 bits per heavy atom. The fraction of sp³-hybridized carbons (Fsp3) is 0.667. The van der Waals surface area contributed by atoms with E-state index >= 15 is 0 Å². The summed E-state index contributed by atoms with van der Waals surface area (Å²) in [7, 11) is 0. The third kappa shape index (κ3) is 3.19. The van der Waals surface area contributed by atoms with Crippen LogP contribution in [0, 0.1) is 5.92 Å². The Labute approximate surface area is 105 Å². The van der Waals surface area contributed by atoms with E-state index in [2.05, 4.69) is 22.2 Å². The number of aryl methyl sites for hydroxylation is 1. The molecule has 0 bridgehead atoms. The number of thiazole rings is 1. The lowest BCUT2D eigenvalue weighted by atomic mass is 9.94. The molecule has 2 rings (SSSR count). The van der Waals surface area contributed by atoms with Crippen molar-refractivity contribution in [1.82, 2.24) is 4.98 Å². The summed E-state index contributed by atoms with van der Waals surface area (Å²) < 4.78 is 0. The number of hydrogen-bond acceptors (Lipinski definition) is 4. The predicted molar refractivity (Wildman–Crippen MR) is 68.7 cm³/mol. The number of aromatic nitrogens is 1. The van der Waals surface area contributed by atoms with Gasteiger partial charge < -0.3 is 10.0 Å². The Balaban J connectivity index is 1.88. The molecule has 1 aromatic heterocycles. The van der Waals surface area contributed by atoms with Crippen molar-refractivity contribution in [2.45, 2.75) is 32.6 Å². The third-order valence-electron chi connectivity index (χ3n) is 3.25. The second-order valence-electron chi connectivity index (χ2n) is 4.50. The second kappa shape index (κ2) is 5.49. The molecule has 17 heavy (non-hydrogen) atoms. The highest BCUT2D eigenvalue weighted by Gasteiger charge is 2.22. The van der Waals surface area contributed by atoms with E-state index < -0.39 is 5.97 Å². The van der Waals surface area contributed by atoms with Gasteiger partial charge >= 0.3 is 5.97 Å². The first-order chi connectivity index (χ1) is 8.19. The van der Waals surface area contributed by atoms with E-state index in [-0.39, 0.29) is 0 Å². The summed E-state index contributed by atoms with van der Waals surface area (Å²) in [4.78, 5) is 17.5. The molecular formula is C12H18N2O2S. The van der Waals surface area contributed by atoms with Gasteiger partial charge in [0.1, 0.15) is 0 Å². The topological polar surface area (TPSA) is 53.4 Å². The van der Waals surface area contributed by atoms with Gasteiger partial charge in [0.25, 0.3) is 0 Å². The number of piperidine rings is 1. The molecule has 1 aliphatic heterocycles. The van der Waals surface area contributed by atoms with E-state index in [4.69, 9.17) is 5.11 Å². The van der Waals surface area contributed by atoms with Crippen LogP contribution in [0.3, 0.4) is 0 Å². The Hall–Kier alpha value is -1.10. The molecule has 1 aromatic rings. The van der Waals surface area contributed by atoms with E-state index in [1.807, 2.05) is 0 Å². The van der Waals surface area contributed by atoms with Crippen molar-refractivity contribution in [3.63, 3.8) is 0 Å². The SMILES string of the molecule is CCc1csc(N2CCC(CC(=O)O)CC2)n1. The van der Waals surface area contributed by atoms with Crippen molar-refractivity contribution in [3.8, 4) is 0 Å². The van der Waals surface area contributed by atoms with Gasteiger partial charge in [-0.2, -0.15) is 0 Å². The smallest absolute Gasteiger partial charge is 0.303 e.